The normalized spacial score (nSPS) is 19.6. The second-order valence-electron chi connectivity index (χ2n) is 5.43. The Morgan fingerprint density at radius 3 is 2.44 bits per heavy atom. The third-order valence-electron chi connectivity index (χ3n) is 3.71. The molecule has 0 aliphatic heterocycles. The van der Waals surface area contributed by atoms with E-state index in [1.165, 1.54) is 41.5 Å². The summed E-state index contributed by atoms with van der Waals surface area (Å²) in [6.45, 7) is 9.38. The van der Waals surface area contributed by atoms with Crippen molar-refractivity contribution < 1.29 is 4.74 Å². The van der Waals surface area contributed by atoms with Crippen molar-refractivity contribution in [3.63, 3.8) is 0 Å². The maximum absolute atomic E-state index is 5.71. The van der Waals surface area contributed by atoms with Crippen LogP contribution in [0.3, 0.4) is 0 Å². The highest BCUT2D eigenvalue weighted by Gasteiger charge is 2.13. The molecular weight excluding hydrogens is 220 g/mol. The Morgan fingerprint density at radius 2 is 1.89 bits per heavy atom. The smallest absolute Gasteiger partial charge is 0.125 e. The van der Waals surface area contributed by atoms with Gasteiger partial charge in [0.25, 0.3) is 0 Å². The summed E-state index contributed by atoms with van der Waals surface area (Å²) in [5, 5.41) is 0. The molecular formula is C17H24O. The molecule has 1 aromatic carbocycles. The lowest BCUT2D eigenvalue weighted by Crippen LogP contribution is -2.02. The largest absolute Gasteiger partial charge is 0.493 e. The Labute approximate surface area is 111 Å². The Balaban J connectivity index is 2.35. The number of hydrogen-bond acceptors (Lipinski definition) is 1. The van der Waals surface area contributed by atoms with Gasteiger partial charge in [-0.3, -0.25) is 0 Å². The van der Waals surface area contributed by atoms with E-state index in [1.807, 2.05) is 6.92 Å². The summed E-state index contributed by atoms with van der Waals surface area (Å²) in [4.78, 5) is 0. The molecule has 0 fully saturated rings. The molecule has 1 nitrogen and oxygen atoms in total. The Hall–Kier alpha value is -1.24. The van der Waals surface area contributed by atoms with Crippen LogP contribution in [0.5, 0.6) is 5.75 Å². The van der Waals surface area contributed by atoms with Gasteiger partial charge in [-0.25, -0.2) is 0 Å². The van der Waals surface area contributed by atoms with Gasteiger partial charge in [0.1, 0.15) is 5.75 Å². The van der Waals surface area contributed by atoms with Crippen molar-refractivity contribution in [3.05, 3.63) is 34.9 Å². The van der Waals surface area contributed by atoms with Gasteiger partial charge in [-0.05, 0) is 80.3 Å². The molecule has 0 heterocycles. The van der Waals surface area contributed by atoms with Crippen LogP contribution in [0.2, 0.25) is 0 Å². The van der Waals surface area contributed by atoms with Crippen LogP contribution in [0.15, 0.2) is 18.2 Å². The van der Waals surface area contributed by atoms with Crippen molar-refractivity contribution in [1.29, 1.82) is 0 Å². The Morgan fingerprint density at radius 1 is 1.22 bits per heavy atom. The molecule has 1 atom stereocenters. The maximum Gasteiger partial charge on any atom is 0.125 e. The maximum atomic E-state index is 5.71. The minimum absolute atomic E-state index is 0.723. The standard InChI is InChI=1S/C17H24O/c1-5-18-17-13(3)10-16(11-14(17)4)15-8-6-7-12(2)9-15/h9-12H,5-8H2,1-4H3. The summed E-state index contributed by atoms with van der Waals surface area (Å²) in [7, 11) is 0. The average Bonchev–Trinajstić information content (AvgIpc) is 2.33. The lowest BCUT2D eigenvalue weighted by molar-refractivity contribution is 0.335. The van der Waals surface area contributed by atoms with E-state index in [-0.39, 0.29) is 0 Å². The van der Waals surface area contributed by atoms with E-state index < -0.39 is 0 Å². The first-order chi connectivity index (χ1) is 8.61. The number of ether oxygens (including phenoxy) is 1. The topological polar surface area (TPSA) is 9.23 Å². The number of rotatable bonds is 3. The van der Waals surface area contributed by atoms with Crippen molar-refractivity contribution in [1.82, 2.24) is 0 Å². The summed E-state index contributed by atoms with van der Waals surface area (Å²) in [6, 6.07) is 4.56. The van der Waals surface area contributed by atoms with E-state index in [4.69, 9.17) is 4.74 Å². The summed E-state index contributed by atoms with van der Waals surface area (Å²) in [6.07, 6.45) is 6.31. The lowest BCUT2D eigenvalue weighted by Gasteiger charge is -2.20. The van der Waals surface area contributed by atoms with Crippen LogP contribution in [-0.2, 0) is 0 Å². The van der Waals surface area contributed by atoms with Gasteiger partial charge in [-0.2, -0.15) is 0 Å². The van der Waals surface area contributed by atoms with Crippen LogP contribution in [0.4, 0.5) is 0 Å². The van der Waals surface area contributed by atoms with Crippen LogP contribution < -0.4 is 4.74 Å². The van der Waals surface area contributed by atoms with Crippen molar-refractivity contribution in [2.75, 3.05) is 6.61 Å². The number of allylic oxidation sites excluding steroid dienone is 2. The average molecular weight is 244 g/mol. The monoisotopic (exact) mass is 244 g/mol. The molecule has 0 spiro atoms. The molecule has 0 saturated heterocycles. The zero-order valence-electron chi connectivity index (χ0n) is 12.0. The molecule has 18 heavy (non-hydrogen) atoms. The van der Waals surface area contributed by atoms with Gasteiger partial charge in [0.05, 0.1) is 6.61 Å². The highest BCUT2D eigenvalue weighted by Crippen LogP contribution is 2.33. The van der Waals surface area contributed by atoms with E-state index in [0.717, 1.165) is 18.3 Å². The highest BCUT2D eigenvalue weighted by atomic mass is 16.5. The first-order valence-corrected chi connectivity index (χ1v) is 7.07. The Bertz CT molecular complexity index is 434. The van der Waals surface area contributed by atoms with Gasteiger partial charge in [0, 0.05) is 0 Å². The molecule has 0 aromatic heterocycles. The fraction of sp³-hybridized carbons (Fsp3) is 0.529. The first kappa shape index (κ1) is 13.2. The van der Waals surface area contributed by atoms with Crippen molar-refractivity contribution in [3.8, 4) is 5.75 Å². The van der Waals surface area contributed by atoms with Crippen LogP contribution in [0.1, 0.15) is 49.8 Å². The summed E-state index contributed by atoms with van der Waals surface area (Å²) in [5.74, 6) is 1.78. The number of aryl methyl sites for hydroxylation is 2. The lowest BCUT2D eigenvalue weighted by atomic mass is 9.87. The van der Waals surface area contributed by atoms with Crippen LogP contribution in [-0.4, -0.2) is 6.61 Å². The van der Waals surface area contributed by atoms with Crippen molar-refractivity contribution >= 4 is 5.57 Å². The van der Waals surface area contributed by atoms with Gasteiger partial charge in [-0.15, -0.1) is 0 Å². The summed E-state index contributed by atoms with van der Waals surface area (Å²) >= 11 is 0. The van der Waals surface area contributed by atoms with Gasteiger partial charge in [-0.1, -0.05) is 13.0 Å². The summed E-state index contributed by atoms with van der Waals surface area (Å²) in [5.41, 5.74) is 5.42. The van der Waals surface area contributed by atoms with Gasteiger partial charge >= 0.3 is 0 Å². The molecule has 1 aliphatic rings. The fourth-order valence-corrected chi connectivity index (χ4v) is 2.87. The fourth-order valence-electron chi connectivity index (χ4n) is 2.87. The molecule has 0 bridgehead atoms. The quantitative estimate of drug-likeness (QED) is 0.734. The minimum atomic E-state index is 0.723. The predicted molar refractivity (Wildman–Crippen MR) is 78.1 cm³/mol. The third-order valence-corrected chi connectivity index (χ3v) is 3.71. The minimum Gasteiger partial charge on any atom is -0.493 e. The molecule has 1 heteroatoms. The zero-order valence-corrected chi connectivity index (χ0v) is 12.0. The molecule has 0 saturated carbocycles. The molecule has 0 amide bonds. The van der Waals surface area contributed by atoms with Crippen LogP contribution in [0, 0.1) is 19.8 Å². The SMILES string of the molecule is CCOc1c(C)cc(C2=CC(C)CCC2)cc1C. The highest BCUT2D eigenvalue weighted by molar-refractivity contribution is 5.69. The van der Waals surface area contributed by atoms with Crippen LogP contribution >= 0.6 is 0 Å². The zero-order chi connectivity index (χ0) is 13.1. The second kappa shape index (κ2) is 5.60. The molecule has 1 aliphatic carbocycles. The van der Waals surface area contributed by atoms with Gasteiger partial charge < -0.3 is 4.74 Å². The van der Waals surface area contributed by atoms with E-state index in [1.54, 1.807) is 0 Å². The molecule has 1 aromatic rings. The third kappa shape index (κ3) is 2.77. The predicted octanol–water partition coefficient (Wildman–Crippen LogP) is 4.91. The molecule has 2 rings (SSSR count). The van der Waals surface area contributed by atoms with E-state index in [9.17, 15) is 0 Å². The van der Waals surface area contributed by atoms with Gasteiger partial charge in [0.2, 0.25) is 0 Å². The molecule has 98 valence electrons. The van der Waals surface area contributed by atoms with Crippen molar-refractivity contribution in [2.24, 2.45) is 5.92 Å². The number of hydrogen-bond donors (Lipinski definition) is 0. The number of benzene rings is 1. The summed E-state index contributed by atoms with van der Waals surface area (Å²) < 4.78 is 5.71. The van der Waals surface area contributed by atoms with Gasteiger partial charge in [0.15, 0.2) is 0 Å². The van der Waals surface area contributed by atoms with E-state index in [2.05, 4.69) is 39.0 Å². The van der Waals surface area contributed by atoms with Crippen molar-refractivity contribution in [2.45, 2.75) is 47.0 Å². The first-order valence-electron chi connectivity index (χ1n) is 7.07. The van der Waals surface area contributed by atoms with E-state index in [0.29, 0.717) is 0 Å². The second-order valence-corrected chi connectivity index (χ2v) is 5.43. The molecule has 0 N–H and O–H groups in total. The molecule has 0 radical (unpaired) electrons. The van der Waals surface area contributed by atoms with Crippen LogP contribution in [0.25, 0.3) is 5.57 Å². The van der Waals surface area contributed by atoms with E-state index >= 15 is 0 Å². The molecule has 1 unspecified atom stereocenters. The Kier molecular flexibility index (Phi) is 4.11.